The van der Waals surface area contributed by atoms with Gasteiger partial charge in [0.05, 0.1) is 7.11 Å². The van der Waals surface area contributed by atoms with Crippen molar-refractivity contribution in [3.8, 4) is 12.3 Å². The standard InChI is InChI=1S/C11H16O/c1-6-10(7-2)11(12-5)8-9(3)4/h1,8H,7H2,2-5H3/b11-10-. The van der Waals surface area contributed by atoms with Crippen molar-refractivity contribution < 1.29 is 4.74 Å². The molecule has 0 aromatic rings. The summed E-state index contributed by atoms with van der Waals surface area (Å²) in [5, 5.41) is 0. The maximum Gasteiger partial charge on any atom is 0.130 e. The van der Waals surface area contributed by atoms with Gasteiger partial charge >= 0.3 is 0 Å². The Balaban J connectivity index is 4.86. The highest BCUT2D eigenvalue weighted by atomic mass is 16.5. The van der Waals surface area contributed by atoms with Gasteiger partial charge in [0, 0.05) is 5.57 Å². The summed E-state index contributed by atoms with van der Waals surface area (Å²) in [6.45, 7) is 6.05. The minimum Gasteiger partial charge on any atom is -0.496 e. The molecule has 0 amide bonds. The number of allylic oxidation sites excluding steroid dienone is 3. The molecule has 12 heavy (non-hydrogen) atoms. The molecule has 0 N–H and O–H groups in total. The van der Waals surface area contributed by atoms with Gasteiger partial charge in [0.2, 0.25) is 0 Å². The third-order valence-electron chi connectivity index (χ3n) is 1.46. The summed E-state index contributed by atoms with van der Waals surface area (Å²) >= 11 is 0. The minimum absolute atomic E-state index is 0.806. The zero-order chi connectivity index (χ0) is 9.56. The lowest BCUT2D eigenvalue weighted by Gasteiger charge is -2.04. The highest BCUT2D eigenvalue weighted by Gasteiger charge is 1.98. The fourth-order valence-electron chi connectivity index (χ4n) is 0.879. The first-order chi connectivity index (χ1) is 5.65. The van der Waals surface area contributed by atoms with Crippen molar-refractivity contribution in [1.82, 2.24) is 0 Å². The molecule has 0 unspecified atom stereocenters. The molecule has 1 nitrogen and oxygen atoms in total. The van der Waals surface area contributed by atoms with Crippen molar-refractivity contribution in [2.75, 3.05) is 7.11 Å². The van der Waals surface area contributed by atoms with Crippen LogP contribution >= 0.6 is 0 Å². The molecule has 0 aliphatic rings. The Morgan fingerprint density at radius 1 is 1.50 bits per heavy atom. The van der Waals surface area contributed by atoms with E-state index in [-0.39, 0.29) is 0 Å². The van der Waals surface area contributed by atoms with E-state index in [9.17, 15) is 0 Å². The van der Waals surface area contributed by atoms with Crippen LogP contribution < -0.4 is 0 Å². The maximum atomic E-state index is 5.32. The molecule has 0 heterocycles. The van der Waals surface area contributed by atoms with Crippen LogP contribution in [0.2, 0.25) is 0 Å². The van der Waals surface area contributed by atoms with Crippen molar-refractivity contribution in [2.45, 2.75) is 27.2 Å². The minimum atomic E-state index is 0.806. The van der Waals surface area contributed by atoms with E-state index >= 15 is 0 Å². The molecule has 0 rings (SSSR count). The second kappa shape index (κ2) is 5.49. The second-order valence-corrected chi connectivity index (χ2v) is 2.77. The number of terminal acetylenes is 1. The lowest BCUT2D eigenvalue weighted by molar-refractivity contribution is 0.302. The van der Waals surface area contributed by atoms with Gasteiger partial charge in [-0.15, -0.1) is 6.42 Å². The van der Waals surface area contributed by atoms with Crippen LogP contribution in [0.25, 0.3) is 0 Å². The molecule has 1 heteroatoms. The predicted octanol–water partition coefficient (Wildman–Crippen LogP) is 2.90. The zero-order valence-corrected chi connectivity index (χ0v) is 8.27. The maximum absolute atomic E-state index is 5.32. The SMILES string of the molecule is C#C/C(CC)=C(\C=C(C)C)OC. The molecule has 0 bridgehead atoms. The summed E-state index contributed by atoms with van der Waals surface area (Å²) in [5.74, 6) is 3.42. The first-order valence-electron chi connectivity index (χ1n) is 4.04. The summed E-state index contributed by atoms with van der Waals surface area (Å²) in [4.78, 5) is 0. The van der Waals surface area contributed by atoms with E-state index < -0.39 is 0 Å². The first kappa shape index (κ1) is 10.8. The fourth-order valence-corrected chi connectivity index (χ4v) is 0.879. The van der Waals surface area contributed by atoms with Gasteiger partial charge in [-0.3, -0.25) is 0 Å². The van der Waals surface area contributed by atoms with Gasteiger partial charge in [-0.2, -0.15) is 0 Å². The van der Waals surface area contributed by atoms with E-state index in [0.29, 0.717) is 0 Å². The average Bonchev–Trinajstić information content (AvgIpc) is 2.04. The van der Waals surface area contributed by atoms with Gasteiger partial charge in [0.15, 0.2) is 0 Å². The van der Waals surface area contributed by atoms with Crippen LogP contribution in [0.3, 0.4) is 0 Å². The van der Waals surface area contributed by atoms with E-state index in [1.165, 1.54) is 5.57 Å². The average molecular weight is 164 g/mol. The quantitative estimate of drug-likeness (QED) is 0.354. The number of methoxy groups -OCH3 is 1. The van der Waals surface area contributed by atoms with Gasteiger partial charge in [-0.25, -0.2) is 0 Å². The third kappa shape index (κ3) is 3.30. The number of hydrogen-bond acceptors (Lipinski definition) is 1. The highest BCUT2D eigenvalue weighted by molar-refractivity contribution is 5.34. The lowest BCUT2D eigenvalue weighted by Crippen LogP contribution is -1.89. The Bertz CT molecular complexity index is 234. The Labute approximate surface area is 75.1 Å². The molecular formula is C11H16O. The van der Waals surface area contributed by atoms with Crippen LogP contribution in [0.1, 0.15) is 27.2 Å². The largest absolute Gasteiger partial charge is 0.496 e. The summed E-state index contributed by atoms with van der Waals surface area (Å²) in [6, 6.07) is 0. The van der Waals surface area contributed by atoms with Crippen molar-refractivity contribution in [3.05, 3.63) is 23.0 Å². The van der Waals surface area contributed by atoms with Gasteiger partial charge in [0.25, 0.3) is 0 Å². The van der Waals surface area contributed by atoms with E-state index in [1.54, 1.807) is 7.11 Å². The smallest absolute Gasteiger partial charge is 0.130 e. The van der Waals surface area contributed by atoms with Crippen LogP contribution in [-0.4, -0.2) is 7.11 Å². The van der Waals surface area contributed by atoms with Crippen molar-refractivity contribution >= 4 is 0 Å². The van der Waals surface area contributed by atoms with Gasteiger partial charge in [-0.05, 0) is 26.3 Å². The van der Waals surface area contributed by atoms with Crippen molar-refractivity contribution in [3.63, 3.8) is 0 Å². The normalized spacial score (nSPS) is 11.2. The summed E-state index contributed by atoms with van der Waals surface area (Å²) in [6.07, 6.45) is 8.11. The molecule has 0 aliphatic heterocycles. The molecule has 0 saturated carbocycles. The van der Waals surface area contributed by atoms with Crippen LogP contribution in [0.5, 0.6) is 0 Å². The highest BCUT2D eigenvalue weighted by Crippen LogP contribution is 2.11. The van der Waals surface area contributed by atoms with Crippen LogP contribution in [0, 0.1) is 12.3 Å². The molecule has 0 aliphatic carbocycles. The molecular weight excluding hydrogens is 148 g/mol. The lowest BCUT2D eigenvalue weighted by atomic mass is 10.1. The molecule has 66 valence electrons. The van der Waals surface area contributed by atoms with Crippen LogP contribution in [0.4, 0.5) is 0 Å². The zero-order valence-electron chi connectivity index (χ0n) is 8.27. The van der Waals surface area contributed by atoms with Crippen molar-refractivity contribution in [1.29, 1.82) is 0 Å². The van der Waals surface area contributed by atoms with E-state index in [2.05, 4.69) is 5.92 Å². The summed E-state index contributed by atoms with van der Waals surface area (Å²) in [5.41, 5.74) is 2.10. The van der Waals surface area contributed by atoms with E-state index in [4.69, 9.17) is 11.2 Å². The molecule has 0 aromatic carbocycles. The van der Waals surface area contributed by atoms with Gasteiger partial charge in [-0.1, -0.05) is 18.4 Å². The molecule has 0 radical (unpaired) electrons. The molecule has 0 fully saturated rings. The number of ether oxygens (including phenoxy) is 1. The Kier molecular flexibility index (Phi) is 4.96. The molecule has 0 aromatic heterocycles. The Morgan fingerprint density at radius 2 is 2.08 bits per heavy atom. The molecule has 0 atom stereocenters. The summed E-state index contributed by atoms with van der Waals surface area (Å²) < 4.78 is 5.17. The van der Waals surface area contributed by atoms with Crippen molar-refractivity contribution in [2.24, 2.45) is 0 Å². The monoisotopic (exact) mass is 164 g/mol. The Hall–Kier alpha value is -1.16. The van der Waals surface area contributed by atoms with Crippen LogP contribution in [-0.2, 0) is 4.74 Å². The number of rotatable bonds is 3. The van der Waals surface area contributed by atoms with E-state index in [0.717, 1.165) is 17.8 Å². The van der Waals surface area contributed by atoms with Crippen LogP contribution in [0.15, 0.2) is 23.0 Å². The predicted molar refractivity (Wildman–Crippen MR) is 52.6 cm³/mol. The fraction of sp³-hybridized carbons (Fsp3) is 0.455. The topological polar surface area (TPSA) is 9.23 Å². The second-order valence-electron chi connectivity index (χ2n) is 2.77. The molecule has 0 spiro atoms. The third-order valence-corrected chi connectivity index (χ3v) is 1.46. The molecule has 0 saturated heterocycles. The first-order valence-corrected chi connectivity index (χ1v) is 4.04. The van der Waals surface area contributed by atoms with E-state index in [1.807, 2.05) is 26.8 Å². The summed E-state index contributed by atoms with van der Waals surface area (Å²) in [7, 11) is 1.64. The van der Waals surface area contributed by atoms with Gasteiger partial charge in [0.1, 0.15) is 5.76 Å². The Morgan fingerprint density at radius 3 is 2.33 bits per heavy atom. The number of hydrogen-bond donors (Lipinski definition) is 0. The van der Waals surface area contributed by atoms with Gasteiger partial charge < -0.3 is 4.74 Å².